The maximum Gasteiger partial charge on any atom is 0.427 e. The Hall–Kier alpha value is -3.28. The molecule has 3 aromatic heterocycles. The Morgan fingerprint density at radius 2 is 2.08 bits per heavy atom. The summed E-state index contributed by atoms with van der Waals surface area (Å²) in [6.45, 7) is 3.97. The molecule has 1 saturated carbocycles. The highest BCUT2D eigenvalue weighted by molar-refractivity contribution is 7.15. The van der Waals surface area contributed by atoms with Crippen LogP contribution in [0, 0.1) is 18.2 Å². The minimum Gasteiger partial charge on any atom is -0.481 e. The van der Waals surface area contributed by atoms with E-state index in [4.69, 9.17) is 10.5 Å². The van der Waals surface area contributed by atoms with E-state index in [2.05, 4.69) is 15.0 Å². The zero-order valence-corrected chi connectivity index (χ0v) is 21.9. The highest BCUT2D eigenvalue weighted by atomic mass is 32.1. The van der Waals surface area contributed by atoms with Crippen molar-refractivity contribution in [2.45, 2.75) is 57.7 Å². The van der Waals surface area contributed by atoms with Gasteiger partial charge in [0.05, 0.1) is 25.4 Å². The molecule has 1 saturated heterocycles. The zero-order chi connectivity index (χ0) is 27.4. The number of amides is 1. The number of pyridine rings is 2. The standard InChI is InChI=1S/C26H27F4N5O2S/c1-13(16-9-21(37-3)32-11-18(16)27)24(36)35-7-6-25(10-19(25)35)5-4-15-8-17(14(2)34-22(15)31)23-33-12-20(38-23)26(28,29)30/h8-9,11-13,19H,4-7,10H2,1-3H3,(H2,31,34)/t13-,19?,25-/m1/s1. The van der Waals surface area contributed by atoms with Crippen molar-refractivity contribution in [1.29, 1.82) is 0 Å². The smallest absolute Gasteiger partial charge is 0.427 e. The van der Waals surface area contributed by atoms with Crippen LogP contribution < -0.4 is 10.5 Å². The first-order chi connectivity index (χ1) is 17.9. The van der Waals surface area contributed by atoms with Gasteiger partial charge in [-0.05, 0) is 56.6 Å². The number of alkyl halides is 3. The number of aromatic nitrogens is 3. The third-order valence-corrected chi connectivity index (χ3v) is 8.87. The molecule has 2 N–H and O–H groups in total. The Balaban J connectivity index is 1.28. The van der Waals surface area contributed by atoms with Crippen LogP contribution in [0.2, 0.25) is 0 Å². The molecule has 38 heavy (non-hydrogen) atoms. The summed E-state index contributed by atoms with van der Waals surface area (Å²) in [7, 11) is 1.44. The van der Waals surface area contributed by atoms with E-state index in [0.29, 0.717) is 41.4 Å². The van der Waals surface area contributed by atoms with Crippen LogP contribution in [0.15, 0.2) is 24.5 Å². The molecule has 3 atom stereocenters. The molecule has 1 unspecified atom stereocenters. The molecular formula is C26H27F4N5O2S. The molecule has 0 radical (unpaired) electrons. The van der Waals surface area contributed by atoms with Crippen LogP contribution in [-0.4, -0.2) is 45.5 Å². The monoisotopic (exact) mass is 549 g/mol. The Morgan fingerprint density at radius 1 is 1.32 bits per heavy atom. The summed E-state index contributed by atoms with van der Waals surface area (Å²) in [4.78, 5) is 26.6. The Kier molecular flexibility index (Phi) is 6.57. The van der Waals surface area contributed by atoms with Gasteiger partial charge in [0.2, 0.25) is 11.8 Å². The molecule has 1 amide bonds. The third-order valence-electron chi connectivity index (χ3n) is 7.80. The van der Waals surface area contributed by atoms with Gasteiger partial charge in [0, 0.05) is 35.5 Å². The molecule has 4 heterocycles. The molecule has 2 aliphatic rings. The summed E-state index contributed by atoms with van der Waals surface area (Å²) in [5, 5.41) is 0.248. The predicted octanol–water partition coefficient (Wildman–Crippen LogP) is 5.38. The average molecular weight is 550 g/mol. The van der Waals surface area contributed by atoms with Crippen molar-refractivity contribution in [1.82, 2.24) is 19.9 Å². The minimum absolute atomic E-state index is 0.0496. The van der Waals surface area contributed by atoms with E-state index in [9.17, 15) is 22.4 Å². The topological polar surface area (TPSA) is 94.2 Å². The second-order valence-corrected chi connectivity index (χ2v) is 11.1. The number of nitrogen functional groups attached to an aromatic ring is 1. The maximum atomic E-state index is 14.4. The highest BCUT2D eigenvalue weighted by Crippen LogP contribution is 2.60. The number of carbonyl (C=O) groups excluding carboxylic acids is 1. The van der Waals surface area contributed by atoms with Gasteiger partial charge in [-0.15, -0.1) is 11.3 Å². The van der Waals surface area contributed by atoms with Crippen LogP contribution in [0.5, 0.6) is 5.88 Å². The fourth-order valence-electron chi connectivity index (χ4n) is 5.45. The number of anilines is 1. The van der Waals surface area contributed by atoms with E-state index in [1.165, 1.54) is 13.2 Å². The van der Waals surface area contributed by atoms with Crippen molar-refractivity contribution < 1.29 is 27.1 Å². The fourth-order valence-corrected chi connectivity index (χ4v) is 6.30. The van der Waals surface area contributed by atoms with Gasteiger partial charge in [-0.2, -0.15) is 13.2 Å². The van der Waals surface area contributed by atoms with Crippen LogP contribution in [0.25, 0.3) is 10.6 Å². The summed E-state index contributed by atoms with van der Waals surface area (Å²) >= 11 is 0.581. The lowest BCUT2D eigenvalue weighted by Gasteiger charge is -2.23. The van der Waals surface area contributed by atoms with Gasteiger partial charge in [0.15, 0.2) is 0 Å². The van der Waals surface area contributed by atoms with Gasteiger partial charge in [0.1, 0.15) is 21.5 Å². The quantitative estimate of drug-likeness (QED) is 0.398. The summed E-state index contributed by atoms with van der Waals surface area (Å²) < 4.78 is 58.7. The predicted molar refractivity (Wildman–Crippen MR) is 134 cm³/mol. The van der Waals surface area contributed by atoms with Crippen LogP contribution in [-0.2, 0) is 17.4 Å². The number of fused-ring (bicyclic) bond motifs is 1. The number of thiazole rings is 1. The largest absolute Gasteiger partial charge is 0.481 e. The van der Waals surface area contributed by atoms with Crippen molar-refractivity contribution in [3.05, 3.63) is 52.0 Å². The lowest BCUT2D eigenvalue weighted by molar-refractivity contribution is -0.134. The molecule has 1 aliphatic carbocycles. The first-order valence-corrected chi connectivity index (χ1v) is 13.0. The summed E-state index contributed by atoms with van der Waals surface area (Å²) in [6, 6.07) is 3.31. The van der Waals surface area contributed by atoms with Gasteiger partial charge in [-0.1, -0.05) is 0 Å². The van der Waals surface area contributed by atoms with Gasteiger partial charge in [0.25, 0.3) is 0 Å². The number of ether oxygens (including phenoxy) is 1. The molecule has 12 heteroatoms. The molecular weight excluding hydrogens is 522 g/mol. The molecule has 202 valence electrons. The first kappa shape index (κ1) is 26.3. The van der Waals surface area contributed by atoms with Crippen molar-refractivity contribution in [3.63, 3.8) is 0 Å². The normalized spacial score (nSPS) is 21.3. The number of rotatable bonds is 7. The zero-order valence-electron chi connectivity index (χ0n) is 21.1. The number of nitrogens with zero attached hydrogens (tertiary/aromatic N) is 4. The van der Waals surface area contributed by atoms with E-state index in [-0.39, 0.29) is 33.8 Å². The Labute approximate surface area is 221 Å². The number of nitrogens with two attached hydrogens (primary N) is 1. The molecule has 3 aromatic rings. The van der Waals surface area contributed by atoms with E-state index in [0.717, 1.165) is 37.2 Å². The molecule has 5 rings (SSSR count). The number of aryl methyl sites for hydroxylation is 2. The molecule has 2 fully saturated rings. The van der Waals surface area contributed by atoms with Gasteiger partial charge in [-0.3, -0.25) is 4.79 Å². The molecule has 7 nitrogen and oxygen atoms in total. The van der Waals surface area contributed by atoms with Crippen molar-refractivity contribution in [2.24, 2.45) is 5.41 Å². The van der Waals surface area contributed by atoms with Gasteiger partial charge < -0.3 is 15.4 Å². The fraction of sp³-hybridized carbons (Fsp3) is 0.462. The van der Waals surface area contributed by atoms with Crippen LogP contribution in [0.4, 0.5) is 23.4 Å². The van der Waals surface area contributed by atoms with Crippen LogP contribution in [0.3, 0.4) is 0 Å². The van der Waals surface area contributed by atoms with Crippen molar-refractivity contribution in [2.75, 3.05) is 19.4 Å². The second kappa shape index (κ2) is 9.48. The average Bonchev–Trinajstić information content (AvgIpc) is 3.19. The summed E-state index contributed by atoms with van der Waals surface area (Å²) in [5.74, 6) is -0.769. The van der Waals surface area contributed by atoms with Crippen molar-refractivity contribution in [3.8, 4) is 16.5 Å². The summed E-state index contributed by atoms with van der Waals surface area (Å²) in [5.41, 5.74) is 8.18. The number of piperidine rings is 1. The van der Waals surface area contributed by atoms with E-state index < -0.39 is 22.8 Å². The SMILES string of the molecule is COc1cc([C@@H](C)C(=O)N2CC[C@]3(CCc4cc(-c5ncc(C(F)(F)F)s5)c(C)nc4N)CC23)c(F)cn1. The number of halogens is 4. The number of hydrogen-bond acceptors (Lipinski definition) is 7. The minimum atomic E-state index is -4.45. The van der Waals surface area contributed by atoms with Gasteiger partial charge >= 0.3 is 6.18 Å². The lowest BCUT2D eigenvalue weighted by Crippen LogP contribution is -2.34. The van der Waals surface area contributed by atoms with Gasteiger partial charge in [-0.25, -0.2) is 19.3 Å². The molecule has 0 bridgehead atoms. The maximum absolute atomic E-state index is 14.4. The van der Waals surface area contributed by atoms with Crippen LogP contribution in [0.1, 0.15) is 53.8 Å². The number of likely N-dealkylation sites (tertiary alicyclic amines) is 1. The molecule has 0 aromatic carbocycles. The Morgan fingerprint density at radius 3 is 2.74 bits per heavy atom. The Bertz CT molecular complexity index is 1390. The number of carbonyl (C=O) groups is 1. The first-order valence-electron chi connectivity index (χ1n) is 12.2. The van der Waals surface area contributed by atoms with Crippen LogP contribution >= 0.6 is 11.3 Å². The van der Waals surface area contributed by atoms with E-state index >= 15 is 0 Å². The lowest BCUT2D eigenvalue weighted by atomic mass is 9.94. The van der Waals surface area contributed by atoms with E-state index in [1.54, 1.807) is 19.9 Å². The molecule has 0 spiro atoms. The van der Waals surface area contributed by atoms with E-state index in [1.807, 2.05) is 4.90 Å². The second-order valence-electron chi connectivity index (χ2n) is 10.0. The number of methoxy groups -OCH3 is 1. The summed E-state index contributed by atoms with van der Waals surface area (Å²) in [6.07, 6.45) is 0.454. The highest BCUT2D eigenvalue weighted by Gasteiger charge is 2.61. The third kappa shape index (κ3) is 4.70. The molecule has 1 aliphatic heterocycles. The van der Waals surface area contributed by atoms with Crippen molar-refractivity contribution >= 4 is 23.1 Å². The number of hydrogen-bond donors (Lipinski definition) is 1.